The number of aromatic nitrogens is 3. The Morgan fingerprint density at radius 2 is 0.444 bits per heavy atom. The van der Waals surface area contributed by atoms with Crippen molar-refractivity contribution in [2.45, 2.75) is 0 Å². The van der Waals surface area contributed by atoms with Crippen LogP contribution in [0.2, 0.25) is 0 Å². The highest BCUT2D eigenvalue weighted by Crippen LogP contribution is 2.49. The van der Waals surface area contributed by atoms with Crippen molar-refractivity contribution in [2.75, 3.05) is 0 Å². The molecular formula is C69H47N3. The smallest absolute Gasteiger partial charge is 0.160 e. The number of hydrogen-bond donors (Lipinski definition) is 0. The largest absolute Gasteiger partial charge is 0.246 e. The summed E-state index contributed by atoms with van der Waals surface area (Å²) in [5.74, 6) is 0.666. The van der Waals surface area contributed by atoms with E-state index in [1.807, 2.05) is 12.1 Å². The van der Waals surface area contributed by atoms with Crippen LogP contribution < -0.4 is 0 Å². The molecule has 12 rings (SSSR count). The van der Waals surface area contributed by atoms with E-state index in [0.29, 0.717) is 5.82 Å². The van der Waals surface area contributed by atoms with Crippen LogP contribution in [0.4, 0.5) is 0 Å². The Morgan fingerprint density at radius 3 is 0.847 bits per heavy atom. The van der Waals surface area contributed by atoms with Crippen molar-refractivity contribution in [1.82, 2.24) is 15.0 Å². The first-order chi connectivity index (χ1) is 35.7. The van der Waals surface area contributed by atoms with Gasteiger partial charge in [0.05, 0.1) is 22.8 Å². The second kappa shape index (κ2) is 19.8. The summed E-state index contributed by atoms with van der Waals surface area (Å²) >= 11 is 0. The quantitative estimate of drug-likeness (QED) is 0.130. The van der Waals surface area contributed by atoms with Crippen molar-refractivity contribution in [3.05, 3.63) is 285 Å². The molecule has 0 saturated heterocycles. The van der Waals surface area contributed by atoms with Gasteiger partial charge < -0.3 is 0 Å². The molecule has 0 bridgehead atoms. The standard InChI is InChI=1S/C69H47N3/c1-7-20-48(21-8-1)50-34-40-53(41-35-50)62-47-63(54-42-36-51(37-43-54)49-22-9-2-10-23-49)71-69(70-62)61-33-19-32-60(46-61)52-38-44-57(45-39-52)64-65(55-24-11-3-12-25-55)67(58-28-15-5-16-29-58)72-68(59-30-17-6-18-31-59)66(64)56-26-13-4-14-27-56/h1-47H. The van der Waals surface area contributed by atoms with Gasteiger partial charge in [-0.25, -0.2) is 15.0 Å². The molecule has 0 saturated carbocycles. The van der Waals surface area contributed by atoms with Gasteiger partial charge in [0.25, 0.3) is 0 Å². The third kappa shape index (κ3) is 8.95. The van der Waals surface area contributed by atoms with Crippen molar-refractivity contribution in [3.63, 3.8) is 0 Å². The van der Waals surface area contributed by atoms with Crippen LogP contribution in [0.3, 0.4) is 0 Å². The number of pyridine rings is 1. The molecule has 2 aromatic heterocycles. The number of nitrogens with zero attached hydrogens (tertiary/aromatic N) is 3. The molecule has 0 aliphatic rings. The molecule has 12 aromatic rings. The maximum absolute atomic E-state index is 5.63. The third-order valence-electron chi connectivity index (χ3n) is 13.3. The molecule has 0 radical (unpaired) electrons. The van der Waals surface area contributed by atoms with Gasteiger partial charge in [-0.3, -0.25) is 0 Å². The van der Waals surface area contributed by atoms with Crippen LogP contribution in [0.25, 0.3) is 123 Å². The van der Waals surface area contributed by atoms with Gasteiger partial charge in [-0.05, 0) is 62.2 Å². The van der Waals surface area contributed by atoms with E-state index in [0.717, 1.165) is 106 Å². The topological polar surface area (TPSA) is 38.7 Å². The van der Waals surface area contributed by atoms with Crippen LogP contribution in [0.1, 0.15) is 0 Å². The summed E-state index contributed by atoms with van der Waals surface area (Å²) < 4.78 is 0. The minimum atomic E-state index is 0.666. The van der Waals surface area contributed by atoms with Crippen molar-refractivity contribution in [3.8, 4) is 123 Å². The number of rotatable bonds is 11. The van der Waals surface area contributed by atoms with E-state index in [1.165, 1.54) is 11.1 Å². The molecule has 0 aliphatic heterocycles. The Hall–Kier alpha value is -9.57. The third-order valence-corrected chi connectivity index (χ3v) is 13.3. The average Bonchev–Trinajstić information content (AvgIpc) is 3.48. The van der Waals surface area contributed by atoms with Crippen LogP contribution in [0.15, 0.2) is 285 Å². The summed E-state index contributed by atoms with van der Waals surface area (Å²) in [6.07, 6.45) is 0. The van der Waals surface area contributed by atoms with E-state index >= 15 is 0 Å². The Labute approximate surface area is 421 Å². The lowest BCUT2D eigenvalue weighted by Gasteiger charge is -2.23. The summed E-state index contributed by atoms with van der Waals surface area (Å²) in [4.78, 5) is 16.2. The van der Waals surface area contributed by atoms with E-state index in [-0.39, 0.29) is 0 Å². The van der Waals surface area contributed by atoms with Crippen LogP contribution in [-0.2, 0) is 0 Å². The second-order valence-corrected chi connectivity index (χ2v) is 17.9. The monoisotopic (exact) mass is 917 g/mol. The maximum Gasteiger partial charge on any atom is 0.160 e. The van der Waals surface area contributed by atoms with Gasteiger partial charge in [0, 0.05) is 44.5 Å². The summed E-state index contributed by atoms with van der Waals surface area (Å²) in [5.41, 5.74) is 22.2. The Bertz CT molecular complexity index is 3570. The van der Waals surface area contributed by atoms with Crippen molar-refractivity contribution < 1.29 is 0 Å². The van der Waals surface area contributed by atoms with Gasteiger partial charge >= 0.3 is 0 Å². The molecule has 0 fully saturated rings. The molecule has 0 amide bonds. The minimum absolute atomic E-state index is 0.666. The SMILES string of the molecule is c1ccc(-c2ccc(-c3cc(-c4ccc(-c5ccccc5)cc4)nc(-c4cccc(-c5ccc(-c6c(-c7ccccc7)c(-c7ccccc7)nc(-c7ccccc7)c6-c6ccccc6)cc5)c4)n3)cc2)cc1. The van der Waals surface area contributed by atoms with Crippen LogP contribution in [0, 0.1) is 0 Å². The van der Waals surface area contributed by atoms with Gasteiger partial charge in [-0.15, -0.1) is 0 Å². The zero-order valence-corrected chi connectivity index (χ0v) is 39.5. The minimum Gasteiger partial charge on any atom is -0.246 e. The van der Waals surface area contributed by atoms with Crippen LogP contribution >= 0.6 is 0 Å². The summed E-state index contributed by atoms with van der Waals surface area (Å²) in [6.45, 7) is 0. The highest BCUT2D eigenvalue weighted by Gasteiger charge is 2.25. The fourth-order valence-electron chi connectivity index (χ4n) is 9.72. The molecule has 0 aliphatic carbocycles. The molecular weight excluding hydrogens is 871 g/mol. The van der Waals surface area contributed by atoms with Crippen molar-refractivity contribution >= 4 is 0 Å². The predicted molar refractivity (Wildman–Crippen MR) is 300 cm³/mol. The van der Waals surface area contributed by atoms with E-state index < -0.39 is 0 Å². The molecule has 338 valence electrons. The number of benzene rings is 10. The highest BCUT2D eigenvalue weighted by atomic mass is 14.9. The normalized spacial score (nSPS) is 11.1. The molecule has 3 heteroatoms. The molecule has 0 N–H and O–H groups in total. The van der Waals surface area contributed by atoms with E-state index in [1.54, 1.807) is 0 Å². The maximum atomic E-state index is 5.63. The second-order valence-electron chi connectivity index (χ2n) is 17.9. The molecule has 2 heterocycles. The zero-order valence-electron chi connectivity index (χ0n) is 39.5. The van der Waals surface area contributed by atoms with Crippen molar-refractivity contribution in [2.24, 2.45) is 0 Å². The molecule has 0 unspecified atom stereocenters. The Balaban J connectivity index is 0.981. The molecule has 0 spiro atoms. The first-order valence-corrected chi connectivity index (χ1v) is 24.4. The van der Waals surface area contributed by atoms with Gasteiger partial charge in [0.15, 0.2) is 5.82 Å². The predicted octanol–water partition coefficient (Wildman–Crippen LogP) is 18.2. The zero-order chi connectivity index (χ0) is 48.1. The summed E-state index contributed by atoms with van der Waals surface area (Å²) in [5, 5.41) is 0. The van der Waals surface area contributed by atoms with E-state index in [4.69, 9.17) is 15.0 Å². The molecule has 10 aromatic carbocycles. The Kier molecular flexibility index (Phi) is 12.0. The fraction of sp³-hybridized carbons (Fsp3) is 0. The number of hydrogen-bond acceptors (Lipinski definition) is 3. The van der Waals surface area contributed by atoms with Crippen LogP contribution in [-0.4, -0.2) is 15.0 Å². The molecule has 3 nitrogen and oxygen atoms in total. The molecule has 0 atom stereocenters. The lowest BCUT2D eigenvalue weighted by atomic mass is 9.83. The van der Waals surface area contributed by atoms with Crippen LogP contribution in [0.5, 0.6) is 0 Å². The average molecular weight is 918 g/mol. The van der Waals surface area contributed by atoms with Gasteiger partial charge in [0.1, 0.15) is 0 Å². The van der Waals surface area contributed by atoms with E-state index in [9.17, 15) is 0 Å². The fourth-order valence-corrected chi connectivity index (χ4v) is 9.72. The van der Waals surface area contributed by atoms with Gasteiger partial charge in [-0.2, -0.15) is 0 Å². The summed E-state index contributed by atoms with van der Waals surface area (Å²) in [6, 6.07) is 101. The molecule has 72 heavy (non-hydrogen) atoms. The lowest BCUT2D eigenvalue weighted by Crippen LogP contribution is -2.01. The first kappa shape index (κ1) is 43.7. The van der Waals surface area contributed by atoms with E-state index in [2.05, 4.69) is 273 Å². The van der Waals surface area contributed by atoms with Crippen molar-refractivity contribution in [1.29, 1.82) is 0 Å². The summed E-state index contributed by atoms with van der Waals surface area (Å²) in [7, 11) is 0. The Morgan fingerprint density at radius 1 is 0.167 bits per heavy atom. The lowest BCUT2D eigenvalue weighted by molar-refractivity contribution is 1.18. The van der Waals surface area contributed by atoms with Gasteiger partial charge in [-0.1, -0.05) is 273 Å². The highest BCUT2D eigenvalue weighted by molar-refractivity contribution is 6.05. The van der Waals surface area contributed by atoms with Gasteiger partial charge in [0.2, 0.25) is 0 Å². The first-order valence-electron chi connectivity index (χ1n) is 24.4.